The number of pyridine rings is 1. The van der Waals surface area contributed by atoms with Crippen molar-refractivity contribution in [3.63, 3.8) is 0 Å². The van der Waals surface area contributed by atoms with E-state index in [9.17, 15) is 17.6 Å². The predicted octanol–water partition coefficient (Wildman–Crippen LogP) is 5.38. The highest BCUT2D eigenvalue weighted by Crippen LogP contribution is 2.39. The summed E-state index contributed by atoms with van der Waals surface area (Å²) in [6.07, 6.45) is 0.430. The van der Waals surface area contributed by atoms with Gasteiger partial charge in [-0.15, -0.1) is 0 Å². The Balaban J connectivity index is 1.35. The molecule has 3 aromatic rings. The van der Waals surface area contributed by atoms with E-state index in [1.807, 2.05) is 26.2 Å². The SMILES string of the molecule is CCNc1cc2c(cn1)c(N1CC[C@H](NC)C1)nn2[C@H]1CC[C@@H](Oc2cccc(C(F)(F)F)c2F)CC1. The van der Waals surface area contributed by atoms with Crippen LogP contribution in [0.1, 0.15) is 50.6 Å². The quantitative estimate of drug-likeness (QED) is 0.408. The average Bonchev–Trinajstić information content (AvgIpc) is 3.50. The van der Waals surface area contributed by atoms with Gasteiger partial charge in [0.1, 0.15) is 5.82 Å². The standard InChI is InChI=1S/C26H32F4N6O/c1-3-32-23-13-21-19(14-33-23)25(35-12-11-16(15-35)31-2)34-36(21)17-7-9-18(10-8-17)37-22-6-4-5-20(24(22)27)26(28,29)30/h4-6,13-14,16-18,31H,3,7-12,15H2,1-2H3,(H,32,33)/t16-,17-,18+/m0/s1. The van der Waals surface area contributed by atoms with Gasteiger partial charge in [-0.3, -0.25) is 4.68 Å². The van der Waals surface area contributed by atoms with Crippen LogP contribution < -0.4 is 20.3 Å². The lowest BCUT2D eigenvalue weighted by atomic mass is 9.93. The molecule has 2 aliphatic rings. The van der Waals surface area contributed by atoms with E-state index in [0.717, 1.165) is 67.5 Å². The molecule has 1 aliphatic carbocycles. The fraction of sp³-hybridized carbons (Fsp3) is 0.538. The third-order valence-corrected chi connectivity index (χ3v) is 7.38. The van der Waals surface area contributed by atoms with Crippen LogP contribution in [0.15, 0.2) is 30.5 Å². The van der Waals surface area contributed by atoms with Crippen LogP contribution in [0.2, 0.25) is 0 Å². The molecular formula is C26H32F4N6O. The molecule has 0 radical (unpaired) electrons. The Labute approximate surface area is 213 Å². The highest BCUT2D eigenvalue weighted by molar-refractivity contribution is 5.91. The Morgan fingerprint density at radius 2 is 1.92 bits per heavy atom. The van der Waals surface area contributed by atoms with E-state index in [1.165, 1.54) is 12.1 Å². The molecule has 1 aliphatic heterocycles. The van der Waals surface area contributed by atoms with Gasteiger partial charge in [-0.25, -0.2) is 9.37 Å². The van der Waals surface area contributed by atoms with Crippen molar-refractivity contribution in [1.29, 1.82) is 0 Å². The van der Waals surface area contributed by atoms with Crippen LogP contribution in [-0.2, 0) is 6.18 Å². The van der Waals surface area contributed by atoms with Gasteiger partial charge in [0.2, 0.25) is 0 Å². The van der Waals surface area contributed by atoms with E-state index >= 15 is 0 Å². The number of anilines is 2. The summed E-state index contributed by atoms with van der Waals surface area (Å²) < 4.78 is 61.5. The fourth-order valence-electron chi connectivity index (χ4n) is 5.40. The zero-order chi connectivity index (χ0) is 26.2. The topological polar surface area (TPSA) is 67.2 Å². The number of nitrogens with one attached hydrogen (secondary N) is 2. The molecule has 0 unspecified atom stereocenters. The second kappa shape index (κ2) is 10.4. The summed E-state index contributed by atoms with van der Waals surface area (Å²) >= 11 is 0. The number of hydrogen-bond acceptors (Lipinski definition) is 6. The molecule has 0 bridgehead atoms. The molecule has 37 heavy (non-hydrogen) atoms. The lowest BCUT2D eigenvalue weighted by molar-refractivity contribution is -0.140. The number of hydrogen-bond donors (Lipinski definition) is 2. The van der Waals surface area contributed by atoms with E-state index in [0.29, 0.717) is 18.9 Å². The molecule has 1 aromatic carbocycles. The van der Waals surface area contributed by atoms with Crippen molar-refractivity contribution in [1.82, 2.24) is 20.1 Å². The van der Waals surface area contributed by atoms with Crippen molar-refractivity contribution in [2.45, 2.75) is 63.4 Å². The first kappa shape index (κ1) is 25.6. The summed E-state index contributed by atoms with van der Waals surface area (Å²) in [6.45, 7) is 4.56. The normalized spacial score (nSPS) is 22.5. The molecule has 0 spiro atoms. The van der Waals surface area contributed by atoms with Gasteiger partial charge in [-0.1, -0.05) is 6.07 Å². The van der Waals surface area contributed by atoms with Crippen molar-refractivity contribution in [2.75, 3.05) is 36.9 Å². The number of nitrogens with zero attached hydrogens (tertiary/aromatic N) is 4. The lowest BCUT2D eigenvalue weighted by Gasteiger charge is -2.30. The molecule has 200 valence electrons. The summed E-state index contributed by atoms with van der Waals surface area (Å²) in [7, 11) is 1.97. The highest BCUT2D eigenvalue weighted by Gasteiger charge is 2.36. The summed E-state index contributed by atoms with van der Waals surface area (Å²) in [5, 5.41) is 12.7. The first-order chi connectivity index (χ1) is 17.8. The number of ether oxygens (including phenoxy) is 1. The Morgan fingerprint density at radius 1 is 1.14 bits per heavy atom. The van der Waals surface area contributed by atoms with Crippen molar-refractivity contribution in [2.24, 2.45) is 0 Å². The maximum absolute atomic E-state index is 14.5. The number of halogens is 4. The molecular weight excluding hydrogens is 488 g/mol. The maximum atomic E-state index is 14.5. The summed E-state index contributed by atoms with van der Waals surface area (Å²) in [4.78, 5) is 6.87. The summed E-state index contributed by atoms with van der Waals surface area (Å²) in [5.41, 5.74) is -0.302. The third kappa shape index (κ3) is 5.18. The molecule has 1 saturated heterocycles. The van der Waals surface area contributed by atoms with Gasteiger partial charge < -0.3 is 20.3 Å². The van der Waals surface area contributed by atoms with Gasteiger partial charge in [-0.05, 0) is 58.2 Å². The first-order valence-corrected chi connectivity index (χ1v) is 12.8. The van der Waals surface area contributed by atoms with Crippen molar-refractivity contribution in [3.8, 4) is 5.75 Å². The van der Waals surface area contributed by atoms with Gasteiger partial charge >= 0.3 is 6.18 Å². The average molecular weight is 521 g/mol. The number of likely N-dealkylation sites (N-methyl/N-ethyl adjacent to an activating group) is 1. The van der Waals surface area contributed by atoms with Crippen molar-refractivity contribution < 1.29 is 22.3 Å². The number of rotatable bonds is 7. The monoisotopic (exact) mass is 520 g/mol. The van der Waals surface area contributed by atoms with Gasteiger partial charge in [0.05, 0.1) is 28.6 Å². The van der Waals surface area contributed by atoms with E-state index < -0.39 is 17.6 Å². The number of aromatic nitrogens is 3. The van der Waals surface area contributed by atoms with Crippen LogP contribution in [0.5, 0.6) is 5.75 Å². The first-order valence-electron chi connectivity index (χ1n) is 12.8. The largest absolute Gasteiger partial charge is 0.487 e. The molecule has 2 N–H and O–H groups in total. The van der Waals surface area contributed by atoms with Gasteiger partial charge in [0.15, 0.2) is 17.4 Å². The molecule has 7 nitrogen and oxygen atoms in total. The predicted molar refractivity (Wildman–Crippen MR) is 135 cm³/mol. The summed E-state index contributed by atoms with van der Waals surface area (Å²) in [6, 6.07) is 5.71. The fourth-order valence-corrected chi connectivity index (χ4v) is 5.40. The molecule has 2 aromatic heterocycles. The molecule has 2 fully saturated rings. The van der Waals surface area contributed by atoms with Crippen LogP contribution >= 0.6 is 0 Å². The number of alkyl halides is 3. The number of benzene rings is 1. The molecule has 1 saturated carbocycles. The van der Waals surface area contributed by atoms with Crippen LogP contribution in [0.4, 0.5) is 29.2 Å². The van der Waals surface area contributed by atoms with E-state index in [2.05, 4.69) is 25.2 Å². The third-order valence-electron chi connectivity index (χ3n) is 7.38. The Hall–Kier alpha value is -3.08. The van der Waals surface area contributed by atoms with Gasteiger partial charge in [0, 0.05) is 37.9 Å². The van der Waals surface area contributed by atoms with Crippen molar-refractivity contribution in [3.05, 3.63) is 41.8 Å². The molecule has 5 rings (SSSR count). The second-order valence-corrected chi connectivity index (χ2v) is 9.77. The van der Waals surface area contributed by atoms with Crippen LogP contribution in [0.25, 0.3) is 10.9 Å². The maximum Gasteiger partial charge on any atom is 0.419 e. The molecule has 3 heterocycles. The summed E-state index contributed by atoms with van der Waals surface area (Å²) in [5.74, 6) is 0.00956. The molecule has 0 amide bonds. The zero-order valence-corrected chi connectivity index (χ0v) is 21.0. The Morgan fingerprint density at radius 3 is 2.59 bits per heavy atom. The van der Waals surface area contributed by atoms with E-state index in [1.54, 1.807) is 0 Å². The Kier molecular flexibility index (Phi) is 7.15. The van der Waals surface area contributed by atoms with E-state index in [4.69, 9.17) is 9.84 Å². The lowest BCUT2D eigenvalue weighted by Crippen LogP contribution is -2.30. The van der Waals surface area contributed by atoms with E-state index in [-0.39, 0.29) is 17.9 Å². The minimum absolute atomic E-state index is 0.0991. The van der Waals surface area contributed by atoms with Crippen LogP contribution in [0.3, 0.4) is 0 Å². The zero-order valence-electron chi connectivity index (χ0n) is 21.0. The molecule has 11 heteroatoms. The van der Waals surface area contributed by atoms with Crippen LogP contribution in [-0.4, -0.2) is 53.6 Å². The minimum atomic E-state index is -4.76. The van der Waals surface area contributed by atoms with Crippen molar-refractivity contribution >= 4 is 22.5 Å². The highest BCUT2D eigenvalue weighted by atomic mass is 19.4. The number of fused-ring (bicyclic) bond motifs is 1. The van der Waals surface area contributed by atoms with Crippen LogP contribution in [0, 0.1) is 5.82 Å². The van der Waals surface area contributed by atoms with Gasteiger partial charge in [0.25, 0.3) is 0 Å². The second-order valence-electron chi connectivity index (χ2n) is 9.77. The van der Waals surface area contributed by atoms with Gasteiger partial charge in [-0.2, -0.15) is 18.3 Å². The minimum Gasteiger partial charge on any atom is -0.487 e. The molecule has 1 atom stereocenters. The Bertz CT molecular complexity index is 1240. The smallest absolute Gasteiger partial charge is 0.419 e.